The molecular weight excluding hydrogens is 160 g/mol. The van der Waals surface area contributed by atoms with Crippen LogP contribution < -0.4 is 4.74 Å². The van der Waals surface area contributed by atoms with Crippen LogP contribution in [-0.2, 0) is 11.2 Å². The number of ether oxygens (including phenoxy) is 1. The molecule has 1 aromatic heterocycles. The molecule has 0 aliphatic carbocycles. The van der Waals surface area contributed by atoms with Crippen molar-refractivity contribution in [1.82, 2.24) is 9.97 Å². The van der Waals surface area contributed by atoms with Crippen molar-refractivity contribution in [3.8, 4) is 6.01 Å². The SMILES string of the molecule is COc1ncc(CC(=O)O)cn1. The predicted octanol–water partition coefficient (Wildman–Crippen LogP) is 0.112. The molecule has 0 aliphatic rings. The fourth-order valence-corrected chi connectivity index (χ4v) is 0.714. The molecule has 1 rings (SSSR count). The fourth-order valence-electron chi connectivity index (χ4n) is 0.714. The molecule has 0 saturated carbocycles. The topological polar surface area (TPSA) is 72.3 Å². The van der Waals surface area contributed by atoms with Gasteiger partial charge in [0.05, 0.1) is 13.5 Å². The van der Waals surface area contributed by atoms with E-state index in [1.165, 1.54) is 19.5 Å². The molecule has 1 N–H and O–H groups in total. The number of nitrogens with zero attached hydrogens (tertiary/aromatic N) is 2. The van der Waals surface area contributed by atoms with Gasteiger partial charge in [-0.15, -0.1) is 0 Å². The number of aromatic nitrogens is 2. The lowest BCUT2D eigenvalue weighted by molar-refractivity contribution is -0.136. The zero-order chi connectivity index (χ0) is 8.97. The Kier molecular flexibility index (Phi) is 2.57. The molecule has 0 unspecified atom stereocenters. The van der Waals surface area contributed by atoms with Gasteiger partial charge in [-0.2, -0.15) is 0 Å². The number of aliphatic carboxylic acids is 1. The molecule has 0 radical (unpaired) electrons. The molecule has 1 heterocycles. The Balaban J connectivity index is 2.71. The van der Waals surface area contributed by atoms with Gasteiger partial charge in [0.25, 0.3) is 0 Å². The lowest BCUT2D eigenvalue weighted by Gasteiger charge is -1.97. The molecule has 5 nitrogen and oxygen atoms in total. The maximum absolute atomic E-state index is 10.2. The van der Waals surface area contributed by atoms with Gasteiger partial charge in [0.1, 0.15) is 0 Å². The molecule has 0 bridgehead atoms. The van der Waals surface area contributed by atoms with Gasteiger partial charge in [-0.05, 0) is 0 Å². The second kappa shape index (κ2) is 3.66. The van der Waals surface area contributed by atoms with Gasteiger partial charge >= 0.3 is 12.0 Å². The highest BCUT2D eigenvalue weighted by atomic mass is 16.5. The smallest absolute Gasteiger partial charge is 0.316 e. The molecule has 64 valence electrons. The maximum atomic E-state index is 10.2. The quantitative estimate of drug-likeness (QED) is 0.693. The first-order valence-electron chi connectivity index (χ1n) is 3.29. The summed E-state index contributed by atoms with van der Waals surface area (Å²) in [4.78, 5) is 17.7. The molecule has 12 heavy (non-hydrogen) atoms. The van der Waals surface area contributed by atoms with Crippen LogP contribution in [0.4, 0.5) is 0 Å². The summed E-state index contributed by atoms with van der Waals surface area (Å²) < 4.78 is 4.70. The number of rotatable bonds is 3. The largest absolute Gasteiger partial charge is 0.481 e. The van der Waals surface area contributed by atoms with E-state index in [-0.39, 0.29) is 12.4 Å². The van der Waals surface area contributed by atoms with Crippen LogP contribution in [0.1, 0.15) is 5.56 Å². The fraction of sp³-hybridized carbons (Fsp3) is 0.286. The summed E-state index contributed by atoms with van der Waals surface area (Å²) in [5.74, 6) is -0.899. The third-order valence-electron chi connectivity index (χ3n) is 1.22. The zero-order valence-corrected chi connectivity index (χ0v) is 6.52. The third kappa shape index (κ3) is 2.19. The van der Waals surface area contributed by atoms with Crippen LogP contribution in [-0.4, -0.2) is 28.2 Å². The molecule has 0 fully saturated rings. The van der Waals surface area contributed by atoms with E-state index in [1.807, 2.05) is 0 Å². The van der Waals surface area contributed by atoms with Crippen molar-refractivity contribution in [1.29, 1.82) is 0 Å². The van der Waals surface area contributed by atoms with E-state index >= 15 is 0 Å². The summed E-state index contributed by atoms with van der Waals surface area (Å²) in [7, 11) is 1.45. The maximum Gasteiger partial charge on any atom is 0.316 e. The van der Waals surface area contributed by atoms with E-state index in [0.717, 1.165) is 0 Å². The Morgan fingerprint density at radius 2 is 2.17 bits per heavy atom. The van der Waals surface area contributed by atoms with Crippen LogP contribution >= 0.6 is 0 Å². The van der Waals surface area contributed by atoms with Crippen LogP contribution in [0.3, 0.4) is 0 Å². The molecule has 5 heteroatoms. The Morgan fingerprint density at radius 3 is 2.58 bits per heavy atom. The number of carboxylic acids is 1. The Hall–Kier alpha value is -1.65. The number of methoxy groups -OCH3 is 1. The Bertz CT molecular complexity index is 270. The lowest BCUT2D eigenvalue weighted by Crippen LogP contribution is -2.01. The van der Waals surface area contributed by atoms with E-state index in [4.69, 9.17) is 9.84 Å². The van der Waals surface area contributed by atoms with Gasteiger partial charge in [0, 0.05) is 18.0 Å². The second-order valence-electron chi connectivity index (χ2n) is 2.15. The van der Waals surface area contributed by atoms with E-state index in [0.29, 0.717) is 5.56 Å². The predicted molar refractivity (Wildman–Crippen MR) is 39.9 cm³/mol. The lowest BCUT2D eigenvalue weighted by atomic mass is 10.2. The van der Waals surface area contributed by atoms with Crippen molar-refractivity contribution in [2.75, 3.05) is 7.11 Å². The Labute approximate surface area is 69.0 Å². The summed E-state index contributed by atoms with van der Waals surface area (Å²) in [6, 6.07) is 0.240. The minimum Gasteiger partial charge on any atom is -0.481 e. The van der Waals surface area contributed by atoms with Gasteiger partial charge < -0.3 is 9.84 Å². The molecule has 0 saturated heterocycles. The average Bonchev–Trinajstić information content (AvgIpc) is 2.05. The summed E-state index contributed by atoms with van der Waals surface area (Å²) in [6.45, 7) is 0. The summed E-state index contributed by atoms with van der Waals surface area (Å²) in [5.41, 5.74) is 0.559. The molecular formula is C7H8N2O3. The van der Waals surface area contributed by atoms with Crippen molar-refractivity contribution >= 4 is 5.97 Å². The summed E-state index contributed by atoms with van der Waals surface area (Å²) >= 11 is 0. The van der Waals surface area contributed by atoms with E-state index in [9.17, 15) is 4.79 Å². The average molecular weight is 168 g/mol. The molecule has 0 aliphatic heterocycles. The highest BCUT2D eigenvalue weighted by Gasteiger charge is 2.01. The second-order valence-corrected chi connectivity index (χ2v) is 2.15. The molecule has 0 aromatic carbocycles. The Morgan fingerprint density at radius 1 is 1.58 bits per heavy atom. The van der Waals surface area contributed by atoms with Crippen molar-refractivity contribution in [3.63, 3.8) is 0 Å². The summed E-state index contributed by atoms with van der Waals surface area (Å²) in [5, 5.41) is 8.41. The van der Waals surface area contributed by atoms with Gasteiger partial charge in [0.2, 0.25) is 0 Å². The van der Waals surface area contributed by atoms with Crippen molar-refractivity contribution in [2.24, 2.45) is 0 Å². The van der Waals surface area contributed by atoms with E-state index < -0.39 is 5.97 Å². The molecule has 0 spiro atoms. The summed E-state index contributed by atoms with van der Waals surface area (Å²) in [6.07, 6.45) is 2.80. The first-order chi connectivity index (χ1) is 5.72. The van der Waals surface area contributed by atoms with Gasteiger partial charge in [-0.25, -0.2) is 9.97 Å². The van der Waals surface area contributed by atoms with E-state index in [2.05, 4.69) is 9.97 Å². The van der Waals surface area contributed by atoms with Crippen LogP contribution in [0.2, 0.25) is 0 Å². The highest BCUT2D eigenvalue weighted by molar-refractivity contribution is 5.69. The third-order valence-corrected chi connectivity index (χ3v) is 1.22. The monoisotopic (exact) mass is 168 g/mol. The van der Waals surface area contributed by atoms with Crippen molar-refractivity contribution in [3.05, 3.63) is 18.0 Å². The number of carboxylic acid groups (broad SMARTS) is 1. The standard InChI is InChI=1S/C7H8N2O3/c1-12-7-8-3-5(4-9-7)2-6(10)11/h3-4H,2H2,1H3,(H,10,11). The first-order valence-corrected chi connectivity index (χ1v) is 3.29. The minimum atomic E-state index is -0.899. The van der Waals surface area contributed by atoms with Crippen LogP contribution in [0.15, 0.2) is 12.4 Å². The molecule has 0 atom stereocenters. The van der Waals surface area contributed by atoms with Gasteiger partial charge in [-0.1, -0.05) is 0 Å². The molecule has 1 aromatic rings. The number of hydrogen-bond acceptors (Lipinski definition) is 4. The van der Waals surface area contributed by atoms with E-state index in [1.54, 1.807) is 0 Å². The van der Waals surface area contributed by atoms with Crippen LogP contribution in [0, 0.1) is 0 Å². The first kappa shape index (κ1) is 8.45. The molecule has 0 amide bonds. The normalized spacial score (nSPS) is 9.42. The van der Waals surface area contributed by atoms with Crippen molar-refractivity contribution < 1.29 is 14.6 Å². The van der Waals surface area contributed by atoms with Crippen LogP contribution in [0.5, 0.6) is 6.01 Å². The number of hydrogen-bond donors (Lipinski definition) is 1. The van der Waals surface area contributed by atoms with Gasteiger partial charge in [-0.3, -0.25) is 4.79 Å². The minimum absolute atomic E-state index is 0.0655. The highest BCUT2D eigenvalue weighted by Crippen LogP contribution is 2.01. The van der Waals surface area contributed by atoms with Crippen LogP contribution in [0.25, 0.3) is 0 Å². The van der Waals surface area contributed by atoms with Crippen molar-refractivity contribution in [2.45, 2.75) is 6.42 Å². The number of carbonyl (C=O) groups is 1. The van der Waals surface area contributed by atoms with Gasteiger partial charge in [0.15, 0.2) is 0 Å². The zero-order valence-electron chi connectivity index (χ0n) is 6.52.